The normalized spacial score (nSPS) is 12.2. The van der Waals surface area contributed by atoms with Crippen LogP contribution in [0.5, 0.6) is 11.5 Å². The Hall–Kier alpha value is -1.65. The lowest BCUT2D eigenvalue weighted by molar-refractivity contribution is 0.432. The van der Waals surface area contributed by atoms with Crippen molar-refractivity contribution in [1.29, 1.82) is 0 Å². The number of halogens is 3. The van der Waals surface area contributed by atoms with Gasteiger partial charge < -0.3 is 10.5 Å². The molecule has 2 rings (SSSR count). The molecule has 1 unspecified atom stereocenters. The van der Waals surface area contributed by atoms with Crippen LogP contribution in [0.1, 0.15) is 12.5 Å². The van der Waals surface area contributed by atoms with Crippen molar-refractivity contribution < 1.29 is 13.5 Å². The average Bonchev–Trinajstić information content (AvgIpc) is 2.35. The van der Waals surface area contributed by atoms with E-state index in [9.17, 15) is 8.78 Å². The van der Waals surface area contributed by atoms with Crippen LogP contribution >= 0.6 is 11.6 Å². The zero-order valence-corrected chi connectivity index (χ0v) is 11.6. The second-order valence-corrected chi connectivity index (χ2v) is 4.99. The third-order valence-electron chi connectivity index (χ3n) is 2.70. The third kappa shape index (κ3) is 3.46. The average molecular weight is 298 g/mol. The van der Waals surface area contributed by atoms with Crippen LogP contribution in [0.15, 0.2) is 36.4 Å². The van der Waals surface area contributed by atoms with Gasteiger partial charge in [0.15, 0.2) is 11.6 Å². The molecule has 106 valence electrons. The molecule has 0 radical (unpaired) electrons. The van der Waals surface area contributed by atoms with Gasteiger partial charge in [0.25, 0.3) is 0 Å². The van der Waals surface area contributed by atoms with Gasteiger partial charge in [-0.3, -0.25) is 0 Å². The standard InChI is InChI=1S/C15H14ClF2NO/c1-9(19)7-10-3-2-4-12(16)15(10)20-14-6-5-11(17)8-13(14)18/h2-6,8-9H,7,19H2,1H3. The predicted molar refractivity (Wildman–Crippen MR) is 75.2 cm³/mol. The topological polar surface area (TPSA) is 35.2 Å². The van der Waals surface area contributed by atoms with Crippen molar-refractivity contribution in [2.24, 2.45) is 5.73 Å². The SMILES string of the molecule is CC(N)Cc1cccc(Cl)c1Oc1ccc(F)cc1F. The molecule has 2 nitrogen and oxygen atoms in total. The van der Waals surface area contributed by atoms with Gasteiger partial charge in [-0.25, -0.2) is 8.78 Å². The summed E-state index contributed by atoms with van der Waals surface area (Å²) < 4.78 is 32.0. The van der Waals surface area contributed by atoms with Gasteiger partial charge in [-0.2, -0.15) is 0 Å². The first kappa shape index (κ1) is 14.8. The van der Waals surface area contributed by atoms with Crippen LogP contribution in [0.4, 0.5) is 8.78 Å². The van der Waals surface area contributed by atoms with Crippen LogP contribution in [0.2, 0.25) is 5.02 Å². The van der Waals surface area contributed by atoms with Gasteiger partial charge in [-0.15, -0.1) is 0 Å². The number of rotatable bonds is 4. The molecule has 0 aromatic heterocycles. The second kappa shape index (κ2) is 6.20. The van der Waals surface area contributed by atoms with Crippen LogP contribution in [0.3, 0.4) is 0 Å². The maximum absolute atomic E-state index is 13.6. The smallest absolute Gasteiger partial charge is 0.168 e. The van der Waals surface area contributed by atoms with Gasteiger partial charge in [0.1, 0.15) is 11.6 Å². The van der Waals surface area contributed by atoms with Gasteiger partial charge in [-0.05, 0) is 37.1 Å². The number of para-hydroxylation sites is 1. The molecule has 20 heavy (non-hydrogen) atoms. The lowest BCUT2D eigenvalue weighted by atomic mass is 10.1. The molecule has 1 atom stereocenters. The Labute approximate surface area is 121 Å². The summed E-state index contributed by atoms with van der Waals surface area (Å²) in [4.78, 5) is 0. The molecule has 0 spiro atoms. The number of nitrogens with two attached hydrogens (primary N) is 1. The first-order chi connectivity index (χ1) is 9.47. The van der Waals surface area contributed by atoms with Crippen molar-refractivity contribution in [2.45, 2.75) is 19.4 Å². The van der Waals surface area contributed by atoms with Crippen LogP contribution < -0.4 is 10.5 Å². The van der Waals surface area contributed by atoms with Crippen molar-refractivity contribution in [1.82, 2.24) is 0 Å². The highest BCUT2D eigenvalue weighted by Crippen LogP contribution is 2.34. The van der Waals surface area contributed by atoms with Gasteiger partial charge in [0.2, 0.25) is 0 Å². The van der Waals surface area contributed by atoms with Crippen molar-refractivity contribution in [3.8, 4) is 11.5 Å². The van der Waals surface area contributed by atoms with E-state index >= 15 is 0 Å². The molecule has 0 saturated carbocycles. The Morgan fingerprint density at radius 3 is 2.65 bits per heavy atom. The maximum atomic E-state index is 13.6. The van der Waals surface area contributed by atoms with Gasteiger partial charge >= 0.3 is 0 Å². The van der Waals surface area contributed by atoms with Crippen LogP contribution in [-0.4, -0.2) is 6.04 Å². The van der Waals surface area contributed by atoms with E-state index in [2.05, 4.69) is 0 Å². The fourth-order valence-corrected chi connectivity index (χ4v) is 2.08. The van der Waals surface area contributed by atoms with E-state index < -0.39 is 11.6 Å². The highest BCUT2D eigenvalue weighted by atomic mass is 35.5. The van der Waals surface area contributed by atoms with E-state index in [1.165, 1.54) is 6.07 Å². The Morgan fingerprint density at radius 2 is 2.00 bits per heavy atom. The Balaban J connectivity index is 2.37. The minimum Gasteiger partial charge on any atom is -0.452 e. The predicted octanol–water partition coefficient (Wildman–Crippen LogP) is 4.30. The lowest BCUT2D eigenvalue weighted by Crippen LogP contribution is -2.18. The first-order valence-electron chi connectivity index (χ1n) is 6.13. The van der Waals surface area contributed by atoms with Gasteiger partial charge in [0, 0.05) is 12.1 Å². The van der Waals surface area contributed by atoms with E-state index in [4.69, 9.17) is 22.1 Å². The molecular weight excluding hydrogens is 284 g/mol. The molecule has 0 heterocycles. The number of benzene rings is 2. The summed E-state index contributed by atoms with van der Waals surface area (Å²) >= 11 is 6.08. The summed E-state index contributed by atoms with van der Waals surface area (Å²) in [6.07, 6.45) is 0.540. The molecule has 2 aromatic carbocycles. The Kier molecular flexibility index (Phi) is 4.57. The quantitative estimate of drug-likeness (QED) is 0.913. The minimum atomic E-state index is -0.781. The molecule has 5 heteroatoms. The van der Waals surface area contributed by atoms with Crippen LogP contribution in [-0.2, 0) is 6.42 Å². The second-order valence-electron chi connectivity index (χ2n) is 4.59. The maximum Gasteiger partial charge on any atom is 0.168 e. The summed E-state index contributed by atoms with van der Waals surface area (Å²) in [5.41, 5.74) is 6.54. The zero-order valence-electron chi connectivity index (χ0n) is 10.9. The summed E-state index contributed by atoms with van der Waals surface area (Å²) in [6.45, 7) is 1.85. The van der Waals surface area contributed by atoms with Crippen molar-refractivity contribution >= 4 is 11.6 Å². The molecular formula is C15H14ClF2NO. The highest BCUT2D eigenvalue weighted by molar-refractivity contribution is 6.32. The summed E-state index contributed by atoms with van der Waals surface area (Å²) in [5, 5.41) is 0.354. The number of ether oxygens (including phenoxy) is 1. The van der Waals surface area contributed by atoms with Crippen molar-refractivity contribution in [3.63, 3.8) is 0 Å². The summed E-state index contributed by atoms with van der Waals surface area (Å²) in [6, 6.07) is 8.25. The van der Waals surface area contributed by atoms with Crippen molar-refractivity contribution in [2.75, 3.05) is 0 Å². The molecule has 0 saturated heterocycles. The molecule has 0 aliphatic carbocycles. The fraction of sp³-hybridized carbons (Fsp3) is 0.200. The molecule has 2 aromatic rings. The van der Waals surface area contributed by atoms with E-state index in [-0.39, 0.29) is 11.8 Å². The van der Waals surface area contributed by atoms with Gasteiger partial charge in [0.05, 0.1) is 5.02 Å². The molecule has 0 aliphatic rings. The van der Waals surface area contributed by atoms with E-state index in [1.807, 2.05) is 13.0 Å². The molecule has 0 aliphatic heterocycles. The highest BCUT2D eigenvalue weighted by Gasteiger charge is 2.13. The van der Waals surface area contributed by atoms with E-state index in [0.29, 0.717) is 17.2 Å². The summed E-state index contributed by atoms with van der Waals surface area (Å²) in [5.74, 6) is -1.18. The van der Waals surface area contributed by atoms with Crippen molar-refractivity contribution in [3.05, 3.63) is 58.6 Å². The van der Waals surface area contributed by atoms with E-state index in [1.54, 1.807) is 12.1 Å². The Morgan fingerprint density at radius 1 is 1.25 bits per heavy atom. The van der Waals surface area contributed by atoms with E-state index in [0.717, 1.165) is 17.7 Å². The third-order valence-corrected chi connectivity index (χ3v) is 2.99. The zero-order chi connectivity index (χ0) is 14.7. The number of hydrogen-bond acceptors (Lipinski definition) is 2. The molecule has 0 fully saturated rings. The largest absolute Gasteiger partial charge is 0.452 e. The van der Waals surface area contributed by atoms with Crippen LogP contribution in [0.25, 0.3) is 0 Å². The molecule has 0 bridgehead atoms. The monoisotopic (exact) mass is 297 g/mol. The fourth-order valence-electron chi connectivity index (χ4n) is 1.84. The minimum absolute atomic E-state index is 0.0783. The Bertz CT molecular complexity index is 617. The molecule has 0 amide bonds. The van der Waals surface area contributed by atoms with Gasteiger partial charge in [-0.1, -0.05) is 23.7 Å². The first-order valence-corrected chi connectivity index (χ1v) is 6.51. The van der Waals surface area contributed by atoms with Crippen LogP contribution in [0, 0.1) is 11.6 Å². The number of hydrogen-bond donors (Lipinski definition) is 1. The lowest BCUT2D eigenvalue weighted by Gasteiger charge is -2.14. The molecule has 2 N–H and O–H groups in total. The summed E-state index contributed by atoms with van der Waals surface area (Å²) in [7, 11) is 0.